The third kappa shape index (κ3) is 3.39. The van der Waals surface area contributed by atoms with Crippen LogP contribution in [-0.4, -0.2) is 47.2 Å². The number of carbonyl (C=O) groups excluding carboxylic acids is 1. The number of halogens is 1. The zero-order valence-electron chi connectivity index (χ0n) is 16.6. The number of aryl methyl sites for hydroxylation is 1. The molecule has 3 aliphatic rings. The zero-order chi connectivity index (χ0) is 20.7. The van der Waals surface area contributed by atoms with E-state index in [0.29, 0.717) is 30.3 Å². The van der Waals surface area contributed by atoms with Crippen molar-refractivity contribution < 1.29 is 13.9 Å². The number of H-pyrrole nitrogens is 1. The van der Waals surface area contributed by atoms with Crippen molar-refractivity contribution in [3.63, 3.8) is 0 Å². The van der Waals surface area contributed by atoms with Crippen molar-refractivity contribution in [1.29, 1.82) is 0 Å². The normalized spacial score (nSPS) is 29.2. The maximum absolute atomic E-state index is 13.7. The number of nitrogens with zero attached hydrogens (tertiary/aromatic N) is 2. The van der Waals surface area contributed by atoms with Gasteiger partial charge in [0.15, 0.2) is 0 Å². The first-order chi connectivity index (χ1) is 14.5. The van der Waals surface area contributed by atoms with Gasteiger partial charge in [0, 0.05) is 44.0 Å². The van der Waals surface area contributed by atoms with Gasteiger partial charge in [-0.2, -0.15) is 0 Å². The number of fused-ring (bicyclic) bond motifs is 1. The van der Waals surface area contributed by atoms with Gasteiger partial charge in [0.05, 0.1) is 18.0 Å². The predicted octanol–water partition coefficient (Wildman–Crippen LogP) is 1.64. The molecule has 2 N–H and O–H groups in total. The monoisotopic (exact) mass is 412 g/mol. The molecule has 7 nitrogen and oxygen atoms in total. The first-order valence-electron chi connectivity index (χ1n) is 10.5. The molecule has 1 aromatic carbocycles. The van der Waals surface area contributed by atoms with Gasteiger partial charge >= 0.3 is 0 Å². The predicted molar refractivity (Wildman–Crippen MR) is 109 cm³/mol. The second-order valence-corrected chi connectivity index (χ2v) is 8.58. The average molecular weight is 412 g/mol. The number of ether oxygens (including phenoxy) is 1. The Balaban J connectivity index is 1.20. The van der Waals surface area contributed by atoms with Gasteiger partial charge in [-0.1, -0.05) is 18.2 Å². The summed E-state index contributed by atoms with van der Waals surface area (Å²) in [5.74, 6) is 0.865. The highest BCUT2D eigenvalue weighted by Crippen LogP contribution is 2.55. The topological polar surface area (TPSA) is 87.3 Å². The number of aromatic nitrogens is 2. The van der Waals surface area contributed by atoms with Crippen LogP contribution < -0.4 is 15.8 Å². The molecule has 1 aromatic heterocycles. The maximum Gasteiger partial charge on any atom is 0.252 e. The van der Waals surface area contributed by atoms with Crippen molar-refractivity contribution >= 4 is 11.7 Å². The number of carbonyl (C=O) groups is 1. The first-order valence-corrected chi connectivity index (χ1v) is 10.5. The molecule has 3 aliphatic heterocycles. The van der Waals surface area contributed by atoms with Crippen LogP contribution in [0.25, 0.3) is 0 Å². The lowest BCUT2D eigenvalue weighted by molar-refractivity contribution is -0.121. The summed E-state index contributed by atoms with van der Waals surface area (Å²) >= 11 is 0. The van der Waals surface area contributed by atoms with Crippen LogP contribution in [0.4, 0.5) is 10.2 Å². The van der Waals surface area contributed by atoms with Crippen LogP contribution in [0.1, 0.15) is 24.8 Å². The van der Waals surface area contributed by atoms with E-state index in [1.165, 1.54) is 18.5 Å². The quantitative estimate of drug-likeness (QED) is 0.753. The molecule has 0 saturated carbocycles. The highest BCUT2D eigenvalue weighted by atomic mass is 19.1. The molecule has 2 bridgehead atoms. The van der Waals surface area contributed by atoms with Crippen LogP contribution in [0.5, 0.6) is 0 Å². The van der Waals surface area contributed by atoms with Gasteiger partial charge in [0.25, 0.3) is 5.56 Å². The zero-order valence-corrected chi connectivity index (χ0v) is 16.6. The molecule has 0 radical (unpaired) electrons. The molecule has 158 valence electrons. The Morgan fingerprint density at radius 2 is 2.27 bits per heavy atom. The van der Waals surface area contributed by atoms with Crippen LogP contribution in [0.2, 0.25) is 0 Å². The standard InChI is InChI=1S/C22H25FN4O3/c23-17-4-2-1-3-14(17)5-6-20(28)24-10-15-16-11-27(19-9-21(29)26-13-25-19)12-22(16)8-7-18(15)30-22/h1-4,9,13,15-16,18H,5-8,10-12H2,(H,24,28)(H,25,26,29)/t15-,16+,18+,22+/m0/s1. The fourth-order valence-electron chi connectivity index (χ4n) is 5.44. The van der Waals surface area contributed by atoms with Crippen LogP contribution in [0.15, 0.2) is 41.5 Å². The molecule has 4 heterocycles. The molecule has 30 heavy (non-hydrogen) atoms. The van der Waals surface area contributed by atoms with Crippen molar-refractivity contribution in [2.45, 2.75) is 37.4 Å². The van der Waals surface area contributed by atoms with Crippen molar-refractivity contribution in [2.75, 3.05) is 24.5 Å². The highest BCUT2D eigenvalue weighted by molar-refractivity contribution is 5.76. The number of anilines is 1. The average Bonchev–Trinajstić information content (AvgIpc) is 3.40. The Hall–Kier alpha value is -2.74. The smallest absolute Gasteiger partial charge is 0.252 e. The highest BCUT2D eigenvalue weighted by Gasteiger charge is 2.63. The van der Waals surface area contributed by atoms with Gasteiger partial charge in [0.1, 0.15) is 11.6 Å². The molecular weight excluding hydrogens is 387 g/mol. The summed E-state index contributed by atoms with van der Waals surface area (Å²) in [6.45, 7) is 2.05. The maximum atomic E-state index is 13.7. The second-order valence-electron chi connectivity index (χ2n) is 8.58. The number of nitrogens with one attached hydrogen (secondary N) is 2. The lowest BCUT2D eigenvalue weighted by Crippen LogP contribution is -2.41. The molecule has 4 atom stereocenters. The Morgan fingerprint density at radius 3 is 3.10 bits per heavy atom. The number of rotatable bonds is 6. The molecule has 5 rings (SSSR count). The summed E-state index contributed by atoms with van der Waals surface area (Å²) in [7, 11) is 0. The molecular formula is C22H25FN4O3. The molecule has 1 spiro atoms. The minimum absolute atomic E-state index is 0.0683. The fourth-order valence-corrected chi connectivity index (χ4v) is 5.44. The van der Waals surface area contributed by atoms with E-state index in [9.17, 15) is 14.0 Å². The van der Waals surface area contributed by atoms with Gasteiger partial charge in [0.2, 0.25) is 5.91 Å². The van der Waals surface area contributed by atoms with Crippen molar-refractivity contribution in [2.24, 2.45) is 11.8 Å². The summed E-state index contributed by atoms with van der Waals surface area (Å²) in [4.78, 5) is 33.0. The van der Waals surface area contributed by atoms with E-state index in [0.717, 1.165) is 25.9 Å². The molecule has 1 amide bonds. The lowest BCUT2D eigenvalue weighted by Gasteiger charge is -2.29. The van der Waals surface area contributed by atoms with E-state index in [-0.39, 0.29) is 41.3 Å². The molecule has 2 aromatic rings. The van der Waals surface area contributed by atoms with E-state index >= 15 is 0 Å². The SMILES string of the molecule is O=C(CCc1ccccc1F)NC[C@H]1[C@H]2CN(c3cc(=O)[nH]cn3)C[C@]23CC[C@H]1O3. The van der Waals surface area contributed by atoms with E-state index < -0.39 is 0 Å². The van der Waals surface area contributed by atoms with Crippen molar-refractivity contribution in [3.8, 4) is 0 Å². The second kappa shape index (κ2) is 7.50. The van der Waals surface area contributed by atoms with Gasteiger partial charge < -0.3 is 19.9 Å². The van der Waals surface area contributed by atoms with Crippen molar-refractivity contribution in [1.82, 2.24) is 15.3 Å². The summed E-state index contributed by atoms with van der Waals surface area (Å²) in [5, 5.41) is 3.04. The fraction of sp³-hybridized carbons (Fsp3) is 0.500. The number of aromatic amines is 1. The Kier molecular flexibility index (Phi) is 4.81. The van der Waals surface area contributed by atoms with Gasteiger partial charge in [-0.25, -0.2) is 9.37 Å². The Bertz CT molecular complexity index is 1010. The largest absolute Gasteiger partial charge is 0.369 e. The van der Waals surface area contributed by atoms with Crippen LogP contribution in [0, 0.1) is 17.7 Å². The van der Waals surface area contributed by atoms with Crippen molar-refractivity contribution in [3.05, 3.63) is 58.4 Å². The van der Waals surface area contributed by atoms with Gasteiger partial charge in [-0.15, -0.1) is 0 Å². The molecule has 0 aliphatic carbocycles. The van der Waals surface area contributed by atoms with Crippen LogP contribution in [-0.2, 0) is 16.0 Å². The number of benzene rings is 1. The summed E-state index contributed by atoms with van der Waals surface area (Å²) in [6, 6.07) is 8.08. The molecule has 0 unspecified atom stereocenters. The van der Waals surface area contributed by atoms with Crippen LogP contribution >= 0.6 is 0 Å². The third-order valence-electron chi connectivity index (χ3n) is 6.89. The minimum atomic E-state index is -0.270. The Labute approximate surface area is 173 Å². The van der Waals surface area contributed by atoms with Crippen LogP contribution in [0.3, 0.4) is 0 Å². The van der Waals surface area contributed by atoms with E-state index in [2.05, 4.69) is 20.2 Å². The third-order valence-corrected chi connectivity index (χ3v) is 6.89. The van der Waals surface area contributed by atoms with E-state index in [4.69, 9.17) is 4.74 Å². The number of amides is 1. The van der Waals surface area contributed by atoms with E-state index in [1.54, 1.807) is 18.2 Å². The summed E-state index contributed by atoms with van der Waals surface area (Å²) in [5.41, 5.74) is 0.183. The number of hydrogen-bond acceptors (Lipinski definition) is 5. The molecule has 3 saturated heterocycles. The summed E-state index contributed by atoms with van der Waals surface area (Å²) in [6.07, 6.45) is 4.23. The first kappa shape index (κ1) is 19.2. The van der Waals surface area contributed by atoms with Gasteiger partial charge in [-0.05, 0) is 30.9 Å². The number of hydrogen-bond donors (Lipinski definition) is 2. The van der Waals surface area contributed by atoms with Gasteiger partial charge in [-0.3, -0.25) is 9.59 Å². The minimum Gasteiger partial charge on any atom is -0.369 e. The lowest BCUT2D eigenvalue weighted by atomic mass is 9.73. The van der Waals surface area contributed by atoms with E-state index in [1.807, 2.05) is 0 Å². The Morgan fingerprint density at radius 1 is 1.40 bits per heavy atom. The summed E-state index contributed by atoms with van der Waals surface area (Å²) < 4.78 is 20.1. The molecule has 8 heteroatoms. The molecule has 3 fully saturated rings.